The summed E-state index contributed by atoms with van der Waals surface area (Å²) in [4.78, 5) is -0.0698. The van der Waals surface area contributed by atoms with E-state index in [1.54, 1.807) is 24.3 Å². The van der Waals surface area contributed by atoms with Crippen LogP contribution in [0.5, 0.6) is 0 Å². The highest BCUT2D eigenvalue weighted by molar-refractivity contribution is 7.93. The molecule has 1 aromatic heterocycles. The first-order valence-electron chi connectivity index (χ1n) is 6.22. The molecule has 2 rings (SSSR count). The highest BCUT2D eigenvalue weighted by atomic mass is 32.2. The molecule has 0 aliphatic heterocycles. The number of nitriles is 1. The number of aromatic nitrogens is 2. The van der Waals surface area contributed by atoms with Gasteiger partial charge in [0.2, 0.25) is 0 Å². The number of nitrogens with zero attached hydrogens (tertiary/aromatic N) is 4. The molecule has 2 N–H and O–H groups in total. The van der Waals surface area contributed by atoms with Crippen molar-refractivity contribution in [2.24, 2.45) is 0 Å². The topological polar surface area (TPSA) is 105 Å². The number of aryl methyl sites for hydroxylation is 1. The Morgan fingerprint density at radius 2 is 2.10 bits per heavy atom. The number of benzene rings is 1. The number of nitrogen functional groups attached to an aromatic ring is 1. The van der Waals surface area contributed by atoms with Crippen molar-refractivity contribution in [2.45, 2.75) is 18.4 Å². The van der Waals surface area contributed by atoms with Gasteiger partial charge in [0.25, 0.3) is 10.0 Å². The van der Waals surface area contributed by atoms with Crippen LogP contribution in [-0.4, -0.2) is 25.2 Å². The lowest BCUT2D eigenvalue weighted by molar-refractivity contribution is 0.594. The fraction of sp³-hybridized carbons (Fsp3) is 0.231. The second-order valence-electron chi connectivity index (χ2n) is 4.34. The maximum atomic E-state index is 12.6. The summed E-state index contributed by atoms with van der Waals surface area (Å²) < 4.78 is 27.8. The number of hydrogen-bond acceptors (Lipinski definition) is 5. The molecule has 1 aromatic carbocycles. The summed E-state index contributed by atoms with van der Waals surface area (Å²) in [7, 11) is -2.49. The summed E-state index contributed by atoms with van der Waals surface area (Å²) in [6.45, 7) is 2.34. The van der Waals surface area contributed by atoms with E-state index in [4.69, 9.17) is 11.0 Å². The van der Waals surface area contributed by atoms with E-state index >= 15 is 0 Å². The molecule has 0 spiro atoms. The molecule has 2 aromatic rings. The molecule has 0 aliphatic carbocycles. The third-order valence-electron chi connectivity index (χ3n) is 3.08. The van der Waals surface area contributed by atoms with Crippen LogP contribution in [0.15, 0.2) is 35.4 Å². The predicted octanol–water partition coefficient (Wildman–Crippen LogP) is 1.18. The summed E-state index contributed by atoms with van der Waals surface area (Å²) >= 11 is 0. The highest BCUT2D eigenvalue weighted by Gasteiger charge is 2.27. The Bertz CT molecular complexity index is 804. The van der Waals surface area contributed by atoms with E-state index in [2.05, 4.69) is 5.10 Å². The molecule has 7 nitrogen and oxygen atoms in total. The van der Waals surface area contributed by atoms with E-state index in [1.807, 2.05) is 13.0 Å². The van der Waals surface area contributed by atoms with Crippen LogP contribution in [0, 0.1) is 11.3 Å². The van der Waals surface area contributed by atoms with Gasteiger partial charge in [0, 0.05) is 19.8 Å². The Labute approximate surface area is 123 Å². The molecule has 0 aliphatic rings. The third kappa shape index (κ3) is 2.55. The van der Waals surface area contributed by atoms with Gasteiger partial charge >= 0.3 is 0 Å². The zero-order valence-corrected chi connectivity index (χ0v) is 12.5. The van der Waals surface area contributed by atoms with Gasteiger partial charge in [-0.15, -0.1) is 0 Å². The molecular formula is C13H15N5O2S. The number of nitrogens with two attached hydrogens (primary N) is 1. The van der Waals surface area contributed by atoms with Crippen molar-refractivity contribution in [3.63, 3.8) is 0 Å². The van der Waals surface area contributed by atoms with Gasteiger partial charge in [0.1, 0.15) is 11.0 Å². The molecule has 0 saturated carbocycles. The van der Waals surface area contributed by atoms with Gasteiger partial charge in [-0.1, -0.05) is 12.1 Å². The van der Waals surface area contributed by atoms with Crippen LogP contribution in [-0.2, 0) is 16.6 Å². The lowest BCUT2D eigenvalue weighted by atomic mass is 10.2. The van der Waals surface area contributed by atoms with Crippen molar-refractivity contribution in [3.8, 4) is 6.07 Å². The standard InChI is InChI=1S/C13H15N5O2S/c1-3-18-9-12(13(15)16-18)21(19,20)17(2)11-7-5-4-6-10(11)8-14/h4-7,9H,3H2,1-2H3,(H2,15,16). The Balaban J connectivity index is 2.53. The van der Waals surface area contributed by atoms with Crippen molar-refractivity contribution in [1.29, 1.82) is 5.26 Å². The molecule has 1 heterocycles. The van der Waals surface area contributed by atoms with Gasteiger partial charge in [0.05, 0.1) is 11.3 Å². The zero-order chi connectivity index (χ0) is 15.6. The van der Waals surface area contributed by atoms with Gasteiger partial charge in [0.15, 0.2) is 5.82 Å². The normalized spacial score (nSPS) is 11.1. The number of hydrogen-bond donors (Lipinski definition) is 1. The average Bonchev–Trinajstić information content (AvgIpc) is 2.88. The quantitative estimate of drug-likeness (QED) is 0.913. The molecule has 110 valence electrons. The first-order chi connectivity index (χ1) is 9.91. The molecule has 0 bridgehead atoms. The number of anilines is 2. The Morgan fingerprint density at radius 1 is 1.43 bits per heavy atom. The van der Waals surface area contributed by atoms with E-state index in [1.165, 1.54) is 17.9 Å². The van der Waals surface area contributed by atoms with Crippen LogP contribution < -0.4 is 10.0 Å². The van der Waals surface area contributed by atoms with Crippen LogP contribution >= 0.6 is 0 Å². The van der Waals surface area contributed by atoms with Gasteiger partial charge in [-0.2, -0.15) is 10.4 Å². The fourth-order valence-corrected chi connectivity index (χ4v) is 3.17. The molecule has 0 amide bonds. The fourth-order valence-electron chi connectivity index (χ4n) is 1.90. The molecule has 21 heavy (non-hydrogen) atoms. The molecule has 0 saturated heterocycles. The number of sulfonamides is 1. The number of rotatable bonds is 4. The highest BCUT2D eigenvalue weighted by Crippen LogP contribution is 2.27. The molecule has 8 heteroatoms. The van der Waals surface area contributed by atoms with Gasteiger partial charge in [-0.3, -0.25) is 8.99 Å². The first kappa shape index (κ1) is 14.9. The second kappa shape index (κ2) is 5.46. The number of para-hydroxylation sites is 1. The minimum atomic E-state index is -3.87. The van der Waals surface area contributed by atoms with E-state index in [0.29, 0.717) is 12.2 Å². The van der Waals surface area contributed by atoms with Crippen molar-refractivity contribution in [1.82, 2.24) is 9.78 Å². The van der Waals surface area contributed by atoms with Crippen molar-refractivity contribution in [2.75, 3.05) is 17.1 Å². The van der Waals surface area contributed by atoms with Crippen LogP contribution in [0.1, 0.15) is 12.5 Å². The predicted molar refractivity (Wildman–Crippen MR) is 79.1 cm³/mol. The van der Waals surface area contributed by atoms with Crippen molar-refractivity contribution < 1.29 is 8.42 Å². The monoisotopic (exact) mass is 305 g/mol. The van der Waals surface area contributed by atoms with Crippen LogP contribution in [0.4, 0.5) is 11.5 Å². The second-order valence-corrected chi connectivity index (χ2v) is 6.27. The average molecular weight is 305 g/mol. The van der Waals surface area contributed by atoms with Crippen LogP contribution in [0.3, 0.4) is 0 Å². The van der Waals surface area contributed by atoms with Crippen molar-refractivity contribution in [3.05, 3.63) is 36.0 Å². The maximum Gasteiger partial charge on any atom is 0.269 e. The minimum absolute atomic E-state index is 0.0573. The first-order valence-corrected chi connectivity index (χ1v) is 7.66. The molecule has 0 atom stereocenters. The Hall–Kier alpha value is -2.53. The van der Waals surface area contributed by atoms with Gasteiger partial charge in [-0.25, -0.2) is 8.42 Å². The molecule has 0 unspecified atom stereocenters. The summed E-state index contributed by atoms with van der Waals surface area (Å²) in [5.74, 6) is -0.0573. The summed E-state index contributed by atoms with van der Waals surface area (Å²) in [6, 6.07) is 8.43. The van der Waals surface area contributed by atoms with Crippen LogP contribution in [0.2, 0.25) is 0 Å². The lowest BCUT2D eigenvalue weighted by Gasteiger charge is -2.19. The minimum Gasteiger partial charge on any atom is -0.381 e. The summed E-state index contributed by atoms with van der Waals surface area (Å²) in [5, 5.41) is 13.0. The van der Waals surface area contributed by atoms with E-state index in [0.717, 1.165) is 4.31 Å². The molecular weight excluding hydrogens is 290 g/mol. The van der Waals surface area contributed by atoms with E-state index < -0.39 is 10.0 Å². The summed E-state index contributed by atoms with van der Waals surface area (Å²) in [6.07, 6.45) is 1.39. The Kier molecular flexibility index (Phi) is 3.86. The van der Waals surface area contributed by atoms with Gasteiger partial charge < -0.3 is 5.73 Å². The van der Waals surface area contributed by atoms with Gasteiger partial charge in [-0.05, 0) is 19.1 Å². The molecule has 0 radical (unpaired) electrons. The maximum absolute atomic E-state index is 12.6. The zero-order valence-electron chi connectivity index (χ0n) is 11.7. The lowest BCUT2D eigenvalue weighted by Crippen LogP contribution is -2.27. The Morgan fingerprint density at radius 3 is 2.67 bits per heavy atom. The largest absolute Gasteiger partial charge is 0.381 e. The van der Waals surface area contributed by atoms with E-state index in [9.17, 15) is 8.42 Å². The SMILES string of the molecule is CCn1cc(S(=O)(=O)N(C)c2ccccc2C#N)c(N)n1. The van der Waals surface area contributed by atoms with Crippen LogP contribution in [0.25, 0.3) is 0 Å². The molecule has 0 fully saturated rings. The van der Waals surface area contributed by atoms with Crippen molar-refractivity contribution >= 4 is 21.5 Å². The van der Waals surface area contributed by atoms with E-state index in [-0.39, 0.29) is 16.3 Å². The third-order valence-corrected chi connectivity index (χ3v) is 4.87. The summed E-state index contributed by atoms with van der Waals surface area (Å²) in [5.41, 5.74) is 6.25. The smallest absolute Gasteiger partial charge is 0.269 e.